The van der Waals surface area contributed by atoms with E-state index in [-0.39, 0.29) is 12.1 Å². The summed E-state index contributed by atoms with van der Waals surface area (Å²) >= 11 is 0. The molecule has 0 bridgehead atoms. The number of halogens is 6. The van der Waals surface area contributed by atoms with E-state index < -0.39 is 35.0 Å². The lowest BCUT2D eigenvalue weighted by Gasteiger charge is -2.35. The molecule has 0 saturated carbocycles. The van der Waals surface area contributed by atoms with Gasteiger partial charge in [-0.05, 0) is 43.9 Å². The average Bonchev–Trinajstić information content (AvgIpc) is 2.52. The van der Waals surface area contributed by atoms with Gasteiger partial charge in [0.1, 0.15) is 0 Å². The van der Waals surface area contributed by atoms with Crippen LogP contribution in [-0.2, 0) is 12.4 Å². The van der Waals surface area contributed by atoms with E-state index in [2.05, 4.69) is 0 Å². The SMILES string of the molecule is CCC1CCCCN1C(=O)c1cc(C(F)(F)F)cc(C(F)(F)F)c1. The first-order valence-corrected chi connectivity index (χ1v) is 7.64. The number of rotatable bonds is 2. The van der Waals surface area contributed by atoms with Gasteiger partial charge in [-0.25, -0.2) is 0 Å². The maximum absolute atomic E-state index is 12.9. The monoisotopic (exact) mass is 353 g/mol. The van der Waals surface area contributed by atoms with E-state index in [1.165, 1.54) is 4.90 Å². The van der Waals surface area contributed by atoms with Gasteiger partial charge in [-0.2, -0.15) is 26.3 Å². The van der Waals surface area contributed by atoms with E-state index in [0.29, 0.717) is 37.9 Å². The van der Waals surface area contributed by atoms with Crippen LogP contribution in [0.5, 0.6) is 0 Å². The molecule has 1 aliphatic rings. The lowest BCUT2D eigenvalue weighted by atomic mass is 9.97. The summed E-state index contributed by atoms with van der Waals surface area (Å²) in [5.41, 5.74) is -3.51. The molecular weight excluding hydrogens is 336 g/mol. The van der Waals surface area contributed by atoms with Crippen LogP contribution < -0.4 is 0 Å². The molecule has 1 aromatic rings. The highest BCUT2D eigenvalue weighted by Crippen LogP contribution is 2.37. The molecular formula is C16H17F6NO. The zero-order valence-corrected chi connectivity index (χ0v) is 13.0. The van der Waals surface area contributed by atoms with Gasteiger partial charge >= 0.3 is 12.4 Å². The molecule has 0 N–H and O–H groups in total. The standard InChI is InChI=1S/C16H17F6NO/c1-2-13-5-3-4-6-23(13)14(24)10-7-11(15(17,18)19)9-12(8-10)16(20,21)22/h7-9,13H,2-6H2,1H3. The highest BCUT2D eigenvalue weighted by atomic mass is 19.4. The Balaban J connectivity index is 2.46. The topological polar surface area (TPSA) is 20.3 Å². The summed E-state index contributed by atoms with van der Waals surface area (Å²) in [6.45, 7) is 2.18. The van der Waals surface area contributed by atoms with Crippen molar-refractivity contribution in [1.82, 2.24) is 4.90 Å². The quantitative estimate of drug-likeness (QED) is 0.675. The van der Waals surface area contributed by atoms with Crippen molar-refractivity contribution in [2.75, 3.05) is 6.54 Å². The molecule has 1 fully saturated rings. The second kappa shape index (κ2) is 6.64. The van der Waals surface area contributed by atoms with Crippen LogP contribution in [0, 0.1) is 0 Å². The normalized spacial score (nSPS) is 19.5. The summed E-state index contributed by atoms with van der Waals surface area (Å²) < 4.78 is 77.4. The molecule has 0 aromatic heterocycles. The Labute approximate surface area is 135 Å². The minimum Gasteiger partial charge on any atom is -0.336 e. The van der Waals surface area contributed by atoms with Gasteiger partial charge in [0.15, 0.2) is 0 Å². The van der Waals surface area contributed by atoms with Gasteiger partial charge in [0.2, 0.25) is 0 Å². The molecule has 8 heteroatoms. The molecule has 1 heterocycles. The minimum absolute atomic E-state index is 0.0320. The predicted molar refractivity (Wildman–Crippen MR) is 75.4 cm³/mol. The number of hydrogen-bond donors (Lipinski definition) is 0. The Kier molecular flexibility index (Phi) is 5.15. The largest absolute Gasteiger partial charge is 0.416 e. The molecule has 24 heavy (non-hydrogen) atoms. The summed E-state index contributed by atoms with van der Waals surface area (Å²) in [4.78, 5) is 13.9. The first-order chi connectivity index (χ1) is 11.0. The summed E-state index contributed by atoms with van der Waals surface area (Å²) in [5, 5.41) is 0. The van der Waals surface area contributed by atoms with E-state index in [4.69, 9.17) is 0 Å². The number of nitrogens with zero attached hydrogens (tertiary/aromatic N) is 1. The van der Waals surface area contributed by atoms with Crippen LogP contribution in [0.2, 0.25) is 0 Å². The summed E-state index contributed by atoms with van der Waals surface area (Å²) in [6, 6.07) is 0.873. The fourth-order valence-corrected chi connectivity index (χ4v) is 2.94. The smallest absolute Gasteiger partial charge is 0.336 e. The van der Waals surface area contributed by atoms with Crippen molar-refractivity contribution in [3.63, 3.8) is 0 Å². The molecule has 1 unspecified atom stereocenters. The van der Waals surface area contributed by atoms with E-state index in [1.807, 2.05) is 6.92 Å². The number of hydrogen-bond acceptors (Lipinski definition) is 1. The number of carbonyl (C=O) groups is 1. The maximum atomic E-state index is 12.9. The van der Waals surface area contributed by atoms with Crippen molar-refractivity contribution in [2.24, 2.45) is 0 Å². The Morgan fingerprint density at radius 2 is 1.58 bits per heavy atom. The average molecular weight is 353 g/mol. The maximum Gasteiger partial charge on any atom is 0.416 e. The van der Waals surface area contributed by atoms with E-state index >= 15 is 0 Å². The molecule has 2 nitrogen and oxygen atoms in total. The number of benzene rings is 1. The van der Waals surface area contributed by atoms with Gasteiger partial charge in [-0.1, -0.05) is 6.92 Å². The van der Waals surface area contributed by atoms with Crippen molar-refractivity contribution in [3.05, 3.63) is 34.9 Å². The van der Waals surface area contributed by atoms with Crippen LogP contribution in [0.1, 0.15) is 54.1 Å². The first kappa shape index (κ1) is 18.6. The van der Waals surface area contributed by atoms with Crippen molar-refractivity contribution in [1.29, 1.82) is 0 Å². The second-order valence-electron chi connectivity index (χ2n) is 5.85. The molecule has 0 aliphatic carbocycles. The number of amides is 1. The van der Waals surface area contributed by atoms with E-state index in [0.717, 1.165) is 6.42 Å². The zero-order chi connectivity index (χ0) is 18.1. The molecule has 1 saturated heterocycles. The van der Waals surface area contributed by atoms with Crippen LogP contribution in [-0.4, -0.2) is 23.4 Å². The van der Waals surface area contributed by atoms with Gasteiger partial charge in [0, 0.05) is 18.2 Å². The van der Waals surface area contributed by atoms with Crippen LogP contribution in [0.4, 0.5) is 26.3 Å². The molecule has 134 valence electrons. The summed E-state index contributed by atoms with van der Waals surface area (Å²) in [7, 11) is 0. The number of alkyl halides is 6. The molecule has 2 rings (SSSR count). The van der Waals surface area contributed by atoms with Gasteiger partial charge in [-0.3, -0.25) is 4.79 Å². The third-order valence-electron chi connectivity index (χ3n) is 4.19. The van der Waals surface area contributed by atoms with Crippen LogP contribution >= 0.6 is 0 Å². The molecule has 1 atom stereocenters. The summed E-state index contributed by atoms with van der Waals surface area (Å²) in [6.07, 6.45) is -7.03. The van der Waals surface area contributed by atoms with Crippen LogP contribution in [0.3, 0.4) is 0 Å². The highest BCUT2D eigenvalue weighted by Gasteiger charge is 2.38. The van der Waals surface area contributed by atoms with Gasteiger partial charge < -0.3 is 4.90 Å². The molecule has 1 aromatic carbocycles. The van der Waals surface area contributed by atoms with Crippen molar-refractivity contribution in [2.45, 2.75) is 51.0 Å². The zero-order valence-electron chi connectivity index (χ0n) is 13.0. The van der Waals surface area contributed by atoms with E-state index in [9.17, 15) is 31.1 Å². The third kappa shape index (κ3) is 4.02. The Bertz CT molecular complexity index is 575. The second-order valence-corrected chi connectivity index (χ2v) is 5.85. The lowest BCUT2D eigenvalue weighted by molar-refractivity contribution is -0.143. The van der Waals surface area contributed by atoms with Gasteiger partial charge in [0.05, 0.1) is 11.1 Å². The van der Waals surface area contributed by atoms with Crippen LogP contribution in [0.15, 0.2) is 18.2 Å². The molecule has 1 aliphatic heterocycles. The number of likely N-dealkylation sites (tertiary alicyclic amines) is 1. The summed E-state index contributed by atoms with van der Waals surface area (Å²) in [5.74, 6) is -0.779. The van der Waals surface area contributed by atoms with Crippen molar-refractivity contribution >= 4 is 5.91 Å². The van der Waals surface area contributed by atoms with Gasteiger partial charge in [0.25, 0.3) is 5.91 Å². The van der Waals surface area contributed by atoms with Crippen LogP contribution in [0.25, 0.3) is 0 Å². The highest BCUT2D eigenvalue weighted by molar-refractivity contribution is 5.95. The lowest BCUT2D eigenvalue weighted by Crippen LogP contribution is -2.43. The number of carbonyl (C=O) groups excluding carboxylic acids is 1. The number of piperidine rings is 1. The predicted octanol–water partition coefficient (Wildman–Crippen LogP) is 5.13. The fraction of sp³-hybridized carbons (Fsp3) is 0.562. The van der Waals surface area contributed by atoms with E-state index in [1.54, 1.807) is 0 Å². The molecule has 0 radical (unpaired) electrons. The van der Waals surface area contributed by atoms with Crippen molar-refractivity contribution < 1.29 is 31.1 Å². The Hall–Kier alpha value is -1.73. The third-order valence-corrected chi connectivity index (χ3v) is 4.19. The fourth-order valence-electron chi connectivity index (χ4n) is 2.94. The van der Waals surface area contributed by atoms with Gasteiger partial charge in [-0.15, -0.1) is 0 Å². The Morgan fingerprint density at radius 1 is 1.04 bits per heavy atom. The minimum atomic E-state index is -4.96. The Morgan fingerprint density at radius 3 is 2.04 bits per heavy atom. The first-order valence-electron chi connectivity index (χ1n) is 7.64. The molecule has 1 amide bonds. The van der Waals surface area contributed by atoms with Crippen molar-refractivity contribution in [3.8, 4) is 0 Å². The molecule has 0 spiro atoms.